The van der Waals surface area contributed by atoms with Crippen LogP contribution in [-0.4, -0.2) is 46.3 Å². The molecule has 188 valence electrons. The number of rotatable bonds is 9. The Morgan fingerprint density at radius 1 is 1.24 bits per heavy atom. The van der Waals surface area contributed by atoms with Crippen LogP contribution in [0, 0.1) is 23.2 Å². The summed E-state index contributed by atoms with van der Waals surface area (Å²) in [5, 5.41) is 30.6. The number of ether oxygens (including phenoxy) is 1. The third-order valence-corrected chi connectivity index (χ3v) is 8.96. The van der Waals surface area contributed by atoms with E-state index in [-0.39, 0.29) is 5.41 Å². The Hall–Kier alpha value is -0.940. The number of aliphatic hydroxyl groups excluding tert-OH is 2. The largest absolute Gasteiger partial charge is 0.393 e. The van der Waals surface area contributed by atoms with E-state index in [1.54, 1.807) is 0 Å². The highest BCUT2D eigenvalue weighted by molar-refractivity contribution is 5.38. The van der Waals surface area contributed by atoms with E-state index in [0.717, 1.165) is 43.4 Å². The maximum atomic E-state index is 10.3. The van der Waals surface area contributed by atoms with Gasteiger partial charge in [-0.3, -0.25) is 0 Å². The topological polar surface area (TPSA) is 69.9 Å². The second-order valence-corrected chi connectivity index (χ2v) is 11.6. The second kappa shape index (κ2) is 11.2. The number of fused-ring (bicyclic) bond motifs is 1. The predicted molar refractivity (Wildman–Crippen MR) is 135 cm³/mol. The first kappa shape index (κ1) is 26.7. The zero-order chi connectivity index (χ0) is 24.2. The van der Waals surface area contributed by atoms with Gasteiger partial charge < -0.3 is 20.1 Å². The van der Waals surface area contributed by atoms with E-state index in [9.17, 15) is 15.3 Å². The lowest BCUT2D eigenvalue weighted by molar-refractivity contribution is -0.0343. The van der Waals surface area contributed by atoms with Crippen molar-refractivity contribution in [2.45, 2.75) is 110 Å². The zero-order valence-corrected chi connectivity index (χ0v) is 21.5. The van der Waals surface area contributed by atoms with Gasteiger partial charge in [0, 0.05) is 18.4 Å². The molecular weight excluding hydrogens is 412 g/mol. The summed E-state index contributed by atoms with van der Waals surface area (Å²) < 4.78 is 6.35. The smallest absolute Gasteiger partial charge is 0.0811 e. The maximum absolute atomic E-state index is 10.3. The molecule has 3 saturated carbocycles. The van der Waals surface area contributed by atoms with Crippen LogP contribution < -0.4 is 0 Å². The third kappa shape index (κ3) is 6.20. The highest BCUT2D eigenvalue weighted by atomic mass is 16.5. The summed E-state index contributed by atoms with van der Waals surface area (Å²) in [5.41, 5.74) is 2.87. The first-order valence-electron chi connectivity index (χ1n) is 13.3. The molecular formula is C29H48O4. The molecule has 0 aliphatic heterocycles. The van der Waals surface area contributed by atoms with Crippen molar-refractivity contribution < 1.29 is 20.1 Å². The summed E-state index contributed by atoms with van der Waals surface area (Å²) >= 11 is 0. The lowest BCUT2D eigenvalue weighted by atomic mass is 9.60. The molecule has 3 rings (SSSR count). The van der Waals surface area contributed by atoms with E-state index in [2.05, 4.69) is 32.6 Å². The average Bonchev–Trinajstić information content (AvgIpc) is 3.15. The molecule has 0 bridgehead atoms. The van der Waals surface area contributed by atoms with Crippen molar-refractivity contribution in [2.75, 3.05) is 13.2 Å². The van der Waals surface area contributed by atoms with E-state index in [1.807, 2.05) is 13.8 Å². The Kier molecular flexibility index (Phi) is 9.05. The zero-order valence-electron chi connectivity index (χ0n) is 21.5. The maximum Gasteiger partial charge on any atom is 0.0811 e. The van der Waals surface area contributed by atoms with Crippen molar-refractivity contribution in [1.29, 1.82) is 0 Å². The van der Waals surface area contributed by atoms with Gasteiger partial charge >= 0.3 is 0 Å². The fourth-order valence-electron chi connectivity index (χ4n) is 6.83. The van der Waals surface area contributed by atoms with Gasteiger partial charge in [0.15, 0.2) is 0 Å². The summed E-state index contributed by atoms with van der Waals surface area (Å²) in [4.78, 5) is 0. The number of aliphatic hydroxyl groups is 3. The molecule has 4 nitrogen and oxygen atoms in total. The van der Waals surface area contributed by atoms with Gasteiger partial charge in [0.2, 0.25) is 0 Å². The molecule has 3 aliphatic rings. The molecule has 0 aromatic rings. The van der Waals surface area contributed by atoms with Crippen molar-refractivity contribution in [3.63, 3.8) is 0 Å². The SMILES string of the molecule is C=C1/C(=C\C=C2/CCC[C@]3(COCCCC(C)(O)CC)[C@@H](C(C)C)CC[C@@H]23)C[C@@H](O)C[C@@H]1O. The number of hydrogen-bond acceptors (Lipinski definition) is 4. The molecule has 0 amide bonds. The van der Waals surface area contributed by atoms with Crippen LogP contribution in [-0.2, 0) is 4.74 Å². The molecule has 0 radical (unpaired) electrons. The quantitative estimate of drug-likeness (QED) is 0.385. The Morgan fingerprint density at radius 3 is 2.70 bits per heavy atom. The molecule has 4 heteroatoms. The normalized spacial score (nSPS) is 37.0. The lowest BCUT2D eigenvalue weighted by Gasteiger charge is -2.46. The molecule has 0 heterocycles. The van der Waals surface area contributed by atoms with E-state index in [1.165, 1.54) is 31.3 Å². The van der Waals surface area contributed by atoms with Crippen LogP contribution >= 0.6 is 0 Å². The standard InChI is InChI=1S/C29H48O4/c1-6-28(5,32)14-8-16-33-19-29-15-7-9-22(26(29)13-12-25(29)20(2)3)10-11-23-17-24(30)18-27(31)21(23)4/h10-11,20,24-27,30-32H,4,6-9,12-19H2,1-3,5H3/b22-10+,23-11-/t24-,25-,26+,27+,28?,29+/m1/s1. The Balaban J connectivity index is 1.74. The van der Waals surface area contributed by atoms with Gasteiger partial charge in [-0.05, 0) is 93.6 Å². The van der Waals surface area contributed by atoms with E-state index >= 15 is 0 Å². The molecule has 0 aromatic heterocycles. The summed E-state index contributed by atoms with van der Waals surface area (Å²) in [7, 11) is 0. The first-order chi connectivity index (χ1) is 15.6. The molecule has 1 unspecified atom stereocenters. The van der Waals surface area contributed by atoms with Gasteiger partial charge in [0.1, 0.15) is 0 Å². The third-order valence-electron chi connectivity index (χ3n) is 8.96. The number of allylic oxidation sites excluding steroid dienone is 3. The van der Waals surface area contributed by atoms with Crippen molar-refractivity contribution in [3.05, 3.63) is 35.5 Å². The highest BCUT2D eigenvalue weighted by Crippen LogP contribution is 2.59. The van der Waals surface area contributed by atoms with E-state index in [0.29, 0.717) is 37.2 Å². The summed E-state index contributed by atoms with van der Waals surface area (Å²) in [6, 6.07) is 0. The van der Waals surface area contributed by atoms with Gasteiger partial charge in [-0.15, -0.1) is 0 Å². The molecule has 3 aliphatic carbocycles. The van der Waals surface area contributed by atoms with Crippen LogP contribution in [0.25, 0.3) is 0 Å². The van der Waals surface area contributed by atoms with Gasteiger partial charge in [-0.25, -0.2) is 0 Å². The molecule has 0 saturated heterocycles. The average molecular weight is 461 g/mol. The first-order valence-corrected chi connectivity index (χ1v) is 13.3. The summed E-state index contributed by atoms with van der Waals surface area (Å²) in [6.07, 6.45) is 12.7. The van der Waals surface area contributed by atoms with E-state index in [4.69, 9.17) is 4.74 Å². The van der Waals surface area contributed by atoms with Crippen LogP contribution in [0.2, 0.25) is 0 Å². The monoisotopic (exact) mass is 460 g/mol. The number of hydrogen-bond donors (Lipinski definition) is 3. The van der Waals surface area contributed by atoms with Crippen LogP contribution in [0.15, 0.2) is 35.5 Å². The van der Waals surface area contributed by atoms with Gasteiger partial charge in [-0.1, -0.05) is 45.1 Å². The fraction of sp³-hybridized carbons (Fsp3) is 0.793. The van der Waals surface area contributed by atoms with Crippen LogP contribution in [0.4, 0.5) is 0 Å². The van der Waals surface area contributed by atoms with Crippen LogP contribution in [0.1, 0.15) is 91.9 Å². The van der Waals surface area contributed by atoms with Gasteiger partial charge in [0.25, 0.3) is 0 Å². The minimum atomic E-state index is -0.637. The lowest BCUT2D eigenvalue weighted by Crippen LogP contribution is -2.42. The Labute approximate surface area is 201 Å². The Morgan fingerprint density at radius 2 is 2.00 bits per heavy atom. The van der Waals surface area contributed by atoms with Gasteiger partial charge in [-0.2, -0.15) is 0 Å². The molecule has 0 aromatic carbocycles. The van der Waals surface area contributed by atoms with Crippen LogP contribution in [0.3, 0.4) is 0 Å². The fourth-order valence-corrected chi connectivity index (χ4v) is 6.83. The minimum absolute atomic E-state index is 0.201. The molecule has 3 N–H and O–H groups in total. The highest BCUT2D eigenvalue weighted by Gasteiger charge is 2.53. The minimum Gasteiger partial charge on any atom is -0.393 e. The molecule has 0 spiro atoms. The van der Waals surface area contributed by atoms with Crippen LogP contribution in [0.5, 0.6) is 0 Å². The van der Waals surface area contributed by atoms with Gasteiger partial charge in [0.05, 0.1) is 24.4 Å². The predicted octanol–water partition coefficient (Wildman–Crippen LogP) is 5.72. The van der Waals surface area contributed by atoms with Crippen molar-refractivity contribution >= 4 is 0 Å². The summed E-state index contributed by atoms with van der Waals surface area (Å²) in [6.45, 7) is 14.3. The molecule has 3 fully saturated rings. The molecule has 6 atom stereocenters. The summed E-state index contributed by atoms with van der Waals surface area (Å²) in [5.74, 6) is 1.85. The van der Waals surface area contributed by atoms with Crippen molar-refractivity contribution in [1.82, 2.24) is 0 Å². The molecule has 33 heavy (non-hydrogen) atoms. The van der Waals surface area contributed by atoms with Crippen molar-refractivity contribution in [2.24, 2.45) is 23.2 Å². The van der Waals surface area contributed by atoms with E-state index < -0.39 is 17.8 Å². The second-order valence-electron chi connectivity index (χ2n) is 11.6. The Bertz CT molecular complexity index is 734. The van der Waals surface area contributed by atoms with Crippen molar-refractivity contribution in [3.8, 4) is 0 Å².